The Labute approximate surface area is 131 Å². The number of pyridine rings is 1. The summed E-state index contributed by atoms with van der Waals surface area (Å²) in [6.45, 7) is 9.48. The number of morpholine rings is 1. The SMILES string of the molecule is Cc1nc(C)n(C[C@H]2CN([C@H](C)c3cccnc3)CCO2)n1. The zero-order valence-corrected chi connectivity index (χ0v) is 13.4. The van der Waals surface area contributed by atoms with Gasteiger partial charge in [0.15, 0.2) is 0 Å². The average Bonchev–Trinajstić information content (AvgIpc) is 2.85. The quantitative estimate of drug-likeness (QED) is 0.861. The van der Waals surface area contributed by atoms with Crippen molar-refractivity contribution in [3.8, 4) is 0 Å². The molecule has 0 spiro atoms. The molecule has 118 valence electrons. The maximum Gasteiger partial charge on any atom is 0.147 e. The minimum absolute atomic E-state index is 0.146. The van der Waals surface area contributed by atoms with Crippen molar-refractivity contribution in [1.82, 2.24) is 24.6 Å². The maximum absolute atomic E-state index is 5.92. The molecule has 6 heteroatoms. The van der Waals surface area contributed by atoms with Gasteiger partial charge in [0.25, 0.3) is 0 Å². The van der Waals surface area contributed by atoms with Crippen molar-refractivity contribution in [1.29, 1.82) is 0 Å². The lowest BCUT2D eigenvalue weighted by molar-refractivity contribution is -0.0500. The molecule has 6 nitrogen and oxygen atoms in total. The molecule has 3 heterocycles. The van der Waals surface area contributed by atoms with Gasteiger partial charge in [0.2, 0.25) is 0 Å². The smallest absolute Gasteiger partial charge is 0.147 e. The van der Waals surface area contributed by atoms with Gasteiger partial charge >= 0.3 is 0 Å². The summed E-state index contributed by atoms with van der Waals surface area (Å²) in [5.74, 6) is 1.76. The first-order valence-corrected chi connectivity index (χ1v) is 7.77. The molecule has 1 aliphatic heterocycles. The van der Waals surface area contributed by atoms with Crippen LogP contribution in [0.1, 0.15) is 30.2 Å². The summed E-state index contributed by atoms with van der Waals surface area (Å²) in [4.78, 5) is 11.0. The van der Waals surface area contributed by atoms with Crippen LogP contribution in [0, 0.1) is 13.8 Å². The van der Waals surface area contributed by atoms with Crippen LogP contribution in [0.5, 0.6) is 0 Å². The summed E-state index contributed by atoms with van der Waals surface area (Å²) in [7, 11) is 0. The lowest BCUT2D eigenvalue weighted by atomic mass is 10.1. The first-order chi connectivity index (χ1) is 10.6. The summed E-state index contributed by atoms with van der Waals surface area (Å²) in [5, 5.41) is 4.43. The molecular weight excluding hydrogens is 278 g/mol. The molecule has 2 aromatic heterocycles. The number of hydrogen-bond donors (Lipinski definition) is 0. The highest BCUT2D eigenvalue weighted by Crippen LogP contribution is 2.22. The van der Waals surface area contributed by atoms with Crippen LogP contribution in [0.4, 0.5) is 0 Å². The molecule has 0 aliphatic carbocycles. The van der Waals surface area contributed by atoms with Gasteiger partial charge in [-0.1, -0.05) is 6.07 Å². The van der Waals surface area contributed by atoms with Crippen molar-refractivity contribution in [2.75, 3.05) is 19.7 Å². The van der Waals surface area contributed by atoms with E-state index >= 15 is 0 Å². The lowest BCUT2D eigenvalue weighted by Gasteiger charge is -2.37. The average molecular weight is 301 g/mol. The third-order valence-corrected chi connectivity index (χ3v) is 4.22. The van der Waals surface area contributed by atoms with Crippen LogP contribution in [-0.4, -0.2) is 50.4 Å². The van der Waals surface area contributed by atoms with Crippen molar-refractivity contribution in [2.24, 2.45) is 0 Å². The van der Waals surface area contributed by atoms with Crippen molar-refractivity contribution in [3.63, 3.8) is 0 Å². The third kappa shape index (κ3) is 3.34. The van der Waals surface area contributed by atoms with Crippen LogP contribution >= 0.6 is 0 Å². The second kappa shape index (κ2) is 6.54. The summed E-state index contributed by atoms with van der Waals surface area (Å²) >= 11 is 0. The summed E-state index contributed by atoms with van der Waals surface area (Å²) in [6.07, 6.45) is 3.90. The molecule has 3 rings (SSSR count). The van der Waals surface area contributed by atoms with Gasteiger partial charge in [0.1, 0.15) is 11.6 Å². The van der Waals surface area contributed by atoms with Crippen LogP contribution in [0.15, 0.2) is 24.5 Å². The molecule has 1 saturated heterocycles. The molecule has 2 aromatic rings. The fourth-order valence-corrected chi connectivity index (χ4v) is 2.97. The Morgan fingerprint density at radius 3 is 2.95 bits per heavy atom. The Morgan fingerprint density at radius 1 is 1.41 bits per heavy atom. The fraction of sp³-hybridized carbons (Fsp3) is 0.562. The number of hydrogen-bond acceptors (Lipinski definition) is 5. The minimum Gasteiger partial charge on any atom is -0.374 e. The number of nitrogens with zero attached hydrogens (tertiary/aromatic N) is 5. The Morgan fingerprint density at radius 2 is 2.27 bits per heavy atom. The van der Waals surface area contributed by atoms with Gasteiger partial charge in [-0.15, -0.1) is 0 Å². The summed E-state index contributed by atoms with van der Waals surface area (Å²) in [6, 6.07) is 4.47. The molecule has 2 atom stereocenters. The van der Waals surface area contributed by atoms with E-state index < -0.39 is 0 Å². The van der Waals surface area contributed by atoms with Crippen LogP contribution in [0.2, 0.25) is 0 Å². The van der Waals surface area contributed by atoms with Gasteiger partial charge in [-0.3, -0.25) is 9.88 Å². The number of aryl methyl sites for hydroxylation is 2. The van der Waals surface area contributed by atoms with E-state index in [1.54, 1.807) is 0 Å². The lowest BCUT2D eigenvalue weighted by Crippen LogP contribution is -2.45. The molecule has 0 aromatic carbocycles. The zero-order valence-electron chi connectivity index (χ0n) is 13.4. The predicted octanol–water partition coefficient (Wildman–Crippen LogP) is 1.75. The Kier molecular flexibility index (Phi) is 4.49. The first kappa shape index (κ1) is 15.1. The van der Waals surface area contributed by atoms with E-state index in [-0.39, 0.29) is 6.10 Å². The predicted molar refractivity (Wildman–Crippen MR) is 83.5 cm³/mol. The van der Waals surface area contributed by atoms with Crippen LogP contribution in [0.25, 0.3) is 0 Å². The molecule has 0 amide bonds. The van der Waals surface area contributed by atoms with E-state index in [1.165, 1.54) is 5.56 Å². The largest absolute Gasteiger partial charge is 0.374 e. The molecule has 0 bridgehead atoms. The molecule has 0 unspecified atom stereocenters. The third-order valence-electron chi connectivity index (χ3n) is 4.22. The van der Waals surface area contributed by atoms with E-state index in [2.05, 4.69) is 33.0 Å². The number of aromatic nitrogens is 4. The van der Waals surface area contributed by atoms with Crippen LogP contribution < -0.4 is 0 Å². The van der Waals surface area contributed by atoms with E-state index in [4.69, 9.17) is 4.74 Å². The highest BCUT2D eigenvalue weighted by molar-refractivity contribution is 5.13. The van der Waals surface area contributed by atoms with Gasteiger partial charge in [-0.2, -0.15) is 5.10 Å². The van der Waals surface area contributed by atoms with Crippen molar-refractivity contribution < 1.29 is 4.74 Å². The topological polar surface area (TPSA) is 56.1 Å². The number of rotatable bonds is 4. The molecule has 0 N–H and O–H groups in total. The molecule has 1 fully saturated rings. The Hall–Kier alpha value is -1.79. The summed E-state index contributed by atoms with van der Waals surface area (Å²) < 4.78 is 7.86. The first-order valence-electron chi connectivity index (χ1n) is 7.77. The van der Waals surface area contributed by atoms with Crippen LogP contribution in [-0.2, 0) is 11.3 Å². The van der Waals surface area contributed by atoms with E-state index in [9.17, 15) is 0 Å². The highest BCUT2D eigenvalue weighted by atomic mass is 16.5. The normalized spacial score (nSPS) is 21.0. The monoisotopic (exact) mass is 301 g/mol. The highest BCUT2D eigenvalue weighted by Gasteiger charge is 2.26. The van der Waals surface area contributed by atoms with Gasteiger partial charge in [0.05, 0.1) is 19.3 Å². The van der Waals surface area contributed by atoms with Crippen molar-refractivity contribution in [3.05, 3.63) is 41.7 Å². The fourth-order valence-electron chi connectivity index (χ4n) is 2.97. The second-order valence-corrected chi connectivity index (χ2v) is 5.84. The molecular formula is C16H23N5O. The molecule has 22 heavy (non-hydrogen) atoms. The zero-order chi connectivity index (χ0) is 15.5. The minimum atomic E-state index is 0.146. The van der Waals surface area contributed by atoms with E-state index in [0.717, 1.165) is 37.9 Å². The standard InChI is InChI=1S/C16H23N5O/c1-12(15-5-4-6-17-9-15)20-7-8-22-16(10-20)11-21-14(3)18-13(2)19-21/h4-6,9,12,16H,7-8,10-11H2,1-3H3/t12-,16-/m1/s1. The van der Waals surface area contributed by atoms with E-state index in [1.807, 2.05) is 37.0 Å². The van der Waals surface area contributed by atoms with E-state index in [0.29, 0.717) is 6.04 Å². The Bertz CT molecular complexity index is 612. The van der Waals surface area contributed by atoms with Gasteiger partial charge in [-0.05, 0) is 32.4 Å². The molecule has 0 radical (unpaired) electrons. The van der Waals surface area contributed by atoms with Gasteiger partial charge < -0.3 is 4.74 Å². The van der Waals surface area contributed by atoms with Gasteiger partial charge in [0, 0.05) is 31.5 Å². The van der Waals surface area contributed by atoms with Crippen molar-refractivity contribution in [2.45, 2.75) is 39.5 Å². The van der Waals surface area contributed by atoms with Gasteiger partial charge in [-0.25, -0.2) is 9.67 Å². The maximum atomic E-state index is 5.92. The Balaban J connectivity index is 1.65. The summed E-state index contributed by atoms with van der Waals surface area (Å²) in [5.41, 5.74) is 1.25. The number of ether oxygens (including phenoxy) is 1. The molecule has 1 aliphatic rings. The van der Waals surface area contributed by atoms with Crippen LogP contribution in [0.3, 0.4) is 0 Å². The van der Waals surface area contributed by atoms with Crippen molar-refractivity contribution >= 4 is 0 Å². The molecule has 0 saturated carbocycles. The second-order valence-electron chi connectivity index (χ2n) is 5.84.